The molecular formula is C17H17N3O3S4. The van der Waals surface area contributed by atoms with Crippen molar-refractivity contribution in [1.82, 2.24) is 9.29 Å². The first-order valence-electron chi connectivity index (χ1n) is 8.30. The van der Waals surface area contributed by atoms with Gasteiger partial charge in [-0.2, -0.15) is 4.31 Å². The molecule has 6 nitrogen and oxygen atoms in total. The molecule has 27 heavy (non-hydrogen) atoms. The summed E-state index contributed by atoms with van der Waals surface area (Å²) in [6, 6.07) is 8.49. The standard InChI is InChI=1S/C17H17N3O3S4/c1-24-12-6-2-7-13-15(12)18-17(26-13)19-16(21)11-5-3-9-20(11)27(22,23)14-8-4-10-25-14/h2,4,6-8,10-11H,3,5,9H2,1H3,(H,18,19,21)/t11-/m0/s1. The number of nitrogens with one attached hydrogen (secondary N) is 1. The number of amides is 1. The average Bonchev–Trinajstić information content (AvgIpc) is 3.40. The zero-order valence-electron chi connectivity index (χ0n) is 14.4. The molecule has 1 aromatic carbocycles. The van der Waals surface area contributed by atoms with Crippen LogP contribution in [0.2, 0.25) is 0 Å². The first-order valence-corrected chi connectivity index (χ1v) is 12.7. The highest BCUT2D eigenvalue weighted by atomic mass is 32.2. The molecule has 2 aromatic heterocycles. The van der Waals surface area contributed by atoms with Crippen molar-refractivity contribution < 1.29 is 13.2 Å². The molecule has 1 saturated heterocycles. The van der Waals surface area contributed by atoms with Gasteiger partial charge in [-0.1, -0.05) is 23.5 Å². The number of hydrogen-bond donors (Lipinski definition) is 1. The Morgan fingerprint density at radius 2 is 2.19 bits per heavy atom. The van der Waals surface area contributed by atoms with Crippen molar-refractivity contribution in [2.24, 2.45) is 0 Å². The predicted molar refractivity (Wildman–Crippen MR) is 111 cm³/mol. The van der Waals surface area contributed by atoms with E-state index in [1.807, 2.05) is 24.5 Å². The van der Waals surface area contributed by atoms with E-state index in [4.69, 9.17) is 0 Å². The van der Waals surface area contributed by atoms with E-state index in [9.17, 15) is 13.2 Å². The molecular weight excluding hydrogens is 422 g/mol. The number of rotatable bonds is 5. The van der Waals surface area contributed by atoms with Gasteiger partial charge in [0.2, 0.25) is 5.91 Å². The Labute approximate surface area is 169 Å². The van der Waals surface area contributed by atoms with E-state index in [0.717, 1.165) is 15.1 Å². The summed E-state index contributed by atoms with van der Waals surface area (Å²) in [4.78, 5) is 18.4. The number of thiophene rings is 1. The smallest absolute Gasteiger partial charge is 0.253 e. The lowest BCUT2D eigenvalue weighted by Crippen LogP contribution is -2.42. The van der Waals surface area contributed by atoms with Crippen LogP contribution in [0.25, 0.3) is 10.2 Å². The minimum Gasteiger partial charge on any atom is -0.301 e. The molecule has 3 heterocycles. The molecule has 1 aliphatic heterocycles. The average molecular weight is 440 g/mol. The van der Waals surface area contributed by atoms with Gasteiger partial charge in [-0.15, -0.1) is 23.1 Å². The third-order valence-electron chi connectivity index (χ3n) is 4.40. The highest BCUT2D eigenvalue weighted by Gasteiger charge is 2.40. The lowest BCUT2D eigenvalue weighted by molar-refractivity contribution is -0.119. The molecule has 0 unspecified atom stereocenters. The molecule has 142 valence electrons. The van der Waals surface area contributed by atoms with Crippen molar-refractivity contribution in [1.29, 1.82) is 0 Å². The first kappa shape index (κ1) is 18.9. The van der Waals surface area contributed by atoms with E-state index < -0.39 is 16.1 Å². The van der Waals surface area contributed by atoms with E-state index in [-0.39, 0.29) is 10.1 Å². The van der Waals surface area contributed by atoms with Crippen molar-refractivity contribution in [3.8, 4) is 0 Å². The molecule has 4 rings (SSSR count). The molecule has 1 aliphatic rings. The van der Waals surface area contributed by atoms with Crippen molar-refractivity contribution in [2.45, 2.75) is 28.0 Å². The van der Waals surface area contributed by atoms with E-state index in [2.05, 4.69) is 10.3 Å². The SMILES string of the molecule is CSc1cccc2sc(NC(=O)[C@@H]3CCCN3S(=O)(=O)c3cccs3)nc12. The van der Waals surface area contributed by atoms with Gasteiger partial charge in [-0.05, 0) is 42.7 Å². The number of hydrogen-bond acceptors (Lipinski definition) is 7. The minimum absolute atomic E-state index is 0.270. The van der Waals surface area contributed by atoms with Crippen molar-refractivity contribution >= 4 is 65.7 Å². The van der Waals surface area contributed by atoms with E-state index >= 15 is 0 Å². The van der Waals surface area contributed by atoms with Crippen LogP contribution in [0.3, 0.4) is 0 Å². The topological polar surface area (TPSA) is 79.4 Å². The molecule has 10 heteroatoms. The van der Waals surface area contributed by atoms with Gasteiger partial charge in [0.1, 0.15) is 10.3 Å². The monoisotopic (exact) mass is 439 g/mol. The Hall–Kier alpha value is -1.46. The zero-order chi connectivity index (χ0) is 19.0. The summed E-state index contributed by atoms with van der Waals surface area (Å²) < 4.78 is 28.2. The molecule has 0 radical (unpaired) electrons. The number of fused-ring (bicyclic) bond motifs is 1. The van der Waals surface area contributed by atoms with Gasteiger partial charge in [-0.3, -0.25) is 4.79 Å². The molecule has 0 bridgehead atoms. The highest BCUT2D eigenvalue weighted by molar-refractivity contribution is 7.98. The van der Waals surface area contributed by atoms with Gasteiger partial charge in [0.05, 0.1) is 10.2 Å². The number of thioether (sulfide) groups is 1. The molecule has 0 aliphatic carbocycles. The second kappa shape index (κ2) is 7.51. The largest absolute Gasteiger partial charge is 0.301 e. The number of benzene rings is 1. The van der Waals surface area contributed by atoms with Crippen LogP contribution in [0.5, 0.6) is 0 Å². The summed E-state index contributed by atoms with van der Waals surface area (Å²) in [6.45, 7) is 0.356. The highest BCUT2D eigenvalue weighted by Crippen LogP contribution is 2.33. The molecule has 1 atom stereocenters. The van der Waals surface area contributed by atoms with Crippen molar-refractivity contribution in [3.05, 3.63) is 35.7 Å². The summed E-state index contributed by atoms with van der Waals surface area (Å²) in [7, 11) is -3.65. The molecule has 0 spiro atoms. The second-order valence-corrected chi connectivity index (χ2v) is 11.0. The number of carbonyl (C=O) groups excluding carboxylic acids is 1. The predicted octanol–water partition coefficient (Wildman–Crippen LogP) is 3.87. The van der Waals surface area contributed by atoms with Crippen LogP contribution in [0, 0.1) is 0 Å². The van der Waals surface area contributed by atoms with Gasteiger partial charge >= 0.3 is 0 Å². The number of para-hydroxylation sites is 1. The van der Waals surface area contributed by atoms with Crippen LogP contribution < -0.4 is 5.32 Å². The number of thiazole rings is 1. The molecule has 3 aromatic rings. The summed E-state index contributed by atoms with van der Waals surface area (Å²) in [6.07, 6.45) is 3.16. The van der Waals surface area contributed by atoms with Crippen molar-refractivity contribution in [2.75, 3.05) is 18.1 Å². The third-order valence-corrected chi connectivity index (χ3v) is 9.38. The fraction of sp³-hybridized carbons (Fsp3) is 0.294. The van der Waals surface area contributed by atoms with Gasteiger partial charge in [0, 0.05) is 11.4 Å². The maximum absolute atomic E-state index is 12.8. The van der Waals surface area contributed by atoms with Crippen molar-refractivity contribution in [3.63, 3.8) is 0 Å². The number of anilines is 1. The maximum Gasteiger partial charge on any atom is 0.253 e. The Morgan fingerprint density at radius 1 is 1.33 bits per heavy atom. The lowest BCUT2D eigenvalue weighted by atomic mass is 10.2. The van der Waals surface area contributed by atoms with Gasteiger partial charge in [0.15, 0.2) is 5.13 Å². The Balaban J connectivity index is 1.57. The van der Waals surface area contributed by atoms with Gasteiger partial charge in [-0.25, -0.2) is 13.4 Å². The zero-order valence-corrected chi connectivity index (χ0v) is 17.7. The van der Waals surface area contributed by atoms with Crippen LogP contribution in [-0.2, 0) is 14.8 Å². The lowest BCUT2D eigenvalue weighted by Gasteiger charge is -2.22. The minimum atomic E-state index is -3.65. The molecule has 1 fully saturated rings. The fourth-order valence-corrected chi connectivity index (χ4v) is 7.45. The number of nitrogens with zero attached hydrogens (tertiary/aromatic N) is 2. The van der Waals surface area contributed by atoms with E-state index in [0.29, 0.717) is 24.5 Å². The van der Waals surface area contributed by atoms with Gasteiger partial charge in [0.25, 0.3) is 10.0 Å². The molecule has 1 N–H and O–H groups in total. The summed E-state index contributed by atoms with van der Waals surface area (Å²) in [5, 5.41) is 5.05. The number of sulfonamides is 1. The summed E-state index contributed by atoms with van der Waals surface area (Å²) in [5.41, 5.74) is 0.861. The Kier molecular flexibility index (Phi) is 5.26. The molecule has 1 amide bonds. The van der Waals surface area contributed by atoms with E-state index in [1.165, 1.54) is 27.0 Å². The first-order chi connectivity index (χ1) is 13.0. The van der Waals surface area contributed by atoms with Crippen LogP contribution in [-0.4, -0.2) is 42.5 Å². The van der Waals surface area contributed by atoms with Crippen LogP contribution in [0.1, 0.15) is 12.8 Å². The summed E-state index contributed by atoms with van der Waals surface area (Å²) >= 11 is 4.17. The van der Waals surface area contributed by atoms with Crippen LogP contribution in [0.4, 0.5) is 5.13 Å². The molecule has 0 saturated carbocycles. The number of aromatic nitrogens is 1. The van der Waals surface area contributed by atoms with Crippen LogP contribution >= 0.6 is 34.4 Å². The van der Waals surface area contributed by atoms with E-state index in [1.54, 1.807) is 29.3 Å². The summed E-state index contributed by atoms with van der Waals surface area (Å²) in [5.74, 6) is -0.322. The maximum atomic E-state index is 12.8. The van der Waals surface area contributed by atoms with Crippen LogP contribution in [0.15, 0.2) is 44.8 Å². The van der Waals surface area contributed by atoms with Gasteiger partial charge < -0.3 is 5.32 Å². The normalized spacial score (nSPS) is 18.2. The third kappa shape index (κ3) is 3.52. The Bertz CT molecular complexity index is 1080. The quantitative estimate of drug-likeness (QED) is 0.611. The number of carbonyl (C=O) groups is 1. The fourth-order valence-electron chi connectivity index (χ4n) is 3.15. The Morgan fingerprint density at radius 3 is 2.93 bits per heavy atom. The second-order valence-electron chi connectivity index (χ2n) is 6.02.